The van der Waals surface area contributed by atoms with Crippen molar-refractivity contribution in [2.45, 2.75) is 26.3 Å². The Bertz CT molecular complexity index is 1260. The number of aryl methyl sites for hydroxylation is 1. The van der Waals surface area contributed by atoms with E-state index in [1.165, 1.54) is 0 Å². The Hall–Kier alpha value is -3.58. The topological polar surface area (TPSA) is 61.6 Å². The fourth-order valence-electron chi connectivity index (χ4n) is 4.34. The standard InChI is InChI=1S/C27H30N4O3/c1-20-23-18-21-19-30(14-8-9-16-33-25-13-7-6-12-24(25)32-2)15-17-34-27(21)28-26(23)31(29-20)22-10-4-3-5-11-22/h3-7,10-13,18H,8-9,14-17,19H2,1-2H3. The van der Waals surface area contributed by atoms with Crippen molar-refractivity contribution in [3.63, 3.8) is 0 Å². The summed E-state index contributed by atoms with van der Waals surface area (Å²) in [4.78, 5) is 7.32. The third-order valence-corrected chi connectivity index (χ3v) is 6.12. The summed E-state index contributed by atoms with van der Waals surface area (Å²) < 4.78 is 19.2. The lowest BCUT2D eigenvalue weighted by molar-refractivity contribution is 0.213. The summed E-state index contributed by atoms with van der Waals surface area (Å²) in [5.41, 5.74) is 3.92. The Morgan fingerprint density at radius 1 is 1.00 bits per heavy atom. The molecule has 0 aliphatic carbocycles. The summed E-state index contributed by atoms with van der Waals surface area (Å²) in [5, 5.41) is 5.81. The normalized spacial score (nSPS) is 13.8. The number of fused-ring (bicyclic) bond motifs is 2. The highest BCUT2D eigenvalue weighted by molar-refractivity contribution is 5.81. The van der Waals surface area contributed by atoms with Crippen LogP contribution in [0.2, 0.25) is 0 Å². The zero-order valence-electron chi connectivity index (χ0n) is 19.7. The van der Waals surface area contributed by atoms with E-state index in [2.05, 4.69) is 11.0 Å². The van der Waals surface area contributed by atoms with Crippen LogP contribution in [-0.4, -0.2) is 53.1 Å². The molecule has 7 heteroatoms. The quantitative estimate of drug-likeness (QED) is 0.354. The Morgan fingerprint density at radius 3 is 2.62 bits per heavy atom. The van der Waals surface area contributed by atoms with Crippen LogP contribution in [0, 0.1) is 6.92 Å². The molecule has 0 saturated carbocycles. The molecule has 0 amide bonds. The van der Waals surface area contributed by atoms with Gasteiger partial charge in [0.25, 0.3) is 0 Å². The van der Waals surface area contributed by atoms with Crippen LogP contribution in [0.5, 0.6) is 17.4 Å². The molecule has 0 fully saturated rings. The molecular formula is C27H30N4O3. The second-order valence-electron chi connectivity index (χ2n) is 8.49. The number of methoxy groups -OCH3 is 1. The van der Waals surface area contributed by atoms with Crippen LogP contribution in [0.1, 0.15) is 24.1 Å². The molecule has 2 aromatic heterocycles. The molecule has 0 saturated heterocycles. The molecule has 34 heavy (non-hydrogen) atoms. The van der Waals surface area contributed by atoms with Crippen molar-refractivity contribution in [2.24, 2.45) is 0 Å². The first-order valence-electron chi connectivity index (χ1n) is 11.8. The van der Waals surface area contributed by atoms with Gasteiger partial charge in [0.05, 0.1) is 25.1 Å². The maximum atomic E-state index is 6.07. The van der Waals surface area contributed by atoms with E-state index >= 15 is 0 Å². The van der Waals surface area contributed by atoms with Gasteiger partial charge in [0, 0.05) is 24.0 Å². The van der Waals surface area contributed by atoms with E-state index in [1.807, 2.05) is 66.2 Å². The first kappa shape index (κ1) is 22.2. The predicted octanol–water partition coefficient (Wildman–Crippen LogP) is 4.79. The van der Waals surface area contributed by atoms with Gasteiger partial charge in [-0.3, -0.25) is 4.90 Å². The number of para-hydroxylation sites is 3. The van der Waals surface area contributed by atoms with Crippen LogP contribution < -0.4 is 14.2 Å². The molecule has 176 valence electrons. The third-order valence-electron chi connectivity index (χ3n) is 6.12. The summed E-state index contributed by atoms with van der Waals surface area (Å²) in [7, 11) is 1.66. The highest BCUT2D eigenvalue weighted by atomic mass is 16.5. The van der Waals surface area contributed by atoms with Gasteiger partial charge in [0.1, 0.15) is 6.61 Å². The van der Waals surface area contributed by atoms with E-state index in [1.54, 1.807) is 7.11 Å². The minimum Gasteiger partial charge on any atom is -0.493 e. The largest absolute Gasteiger partial charge is 0.493 e. The van der Waals surface area contributed by atoms with Crippen molar-refractivity contribution in [3.05, 3.63) is 71.9 Å². The molecular weight excluding hydrogens is 428 g/mol. The highest BCUT2D eigenvalue weighted by Crippen LogP contribution is 2.29. The van der Waals surface area contributed by atoms with Gasteiger partial charge in [-0.1, -0.05) is 30.3 Å². The Balaban J connectivity index is 1.23. The van der Waals surface area contributed by atoms with Gasteiger partial charge in [-0.25, -0.2) is 4.68 Å². The highest BCUT2D eigenvalue weighted by Gasteiger charge is 2.20. The SMILES string of the molecule is COc1ccccc1OCCCCN1CCOc2nc3c(cc2C1)c(C)nn3-c1ccccc1. The molecule has 3 heterocycles. The maximum Gasteiger partial charge on any atom is 0.220 e. The lowest BCUT2D eigenvalue weighted by atomic mass is 10.2. The van der Waals surface area contributed by atoms with Gasteiger partial charge in [-0.15, -0.1) is 0 Å². The summed E-state index contributed by atoms with van der Waals surface area (Å²) in [5.74, 6) is 2.28. The number of hydrogen-bond donors (Lipinski definition) is 0. The summed E-state index contributed by atoms with van der Waals surface area (Å²) in [6, 6.07) is 20.1. The predicted molar refractivity (Wildman–Crippen MR) is 132 cm³/mol. The average Bonchev–Trinajstić information content (AvgIpc) is 3.05. The van der Waals surface area contributed by atoms with E-state index in [0.717, 1.165) is 72.0 Å². The van der Waals surface area contributed by atoms with E-state index in [-0.39, 0.29) is 0 Å². The molecule has 0 N–H and O–H groups in total. The third kappa shape index (κ3) is 4.70. The zero-order chi connectivity index (χ0) is 23.3. The van der Waals surface area contributed by atoms with Crippen molar-refractivity contribution in [3.8, 4) is 23.1 Å². The van der Waals surface area contributed by atoms with E-state index in [0.29, 0.717) is 19.1 Å². The van der Waals surface area contributed by atoms with Gasteiger partial charge >= 0.3 is 0 Å². The number of hydrogen-bond acceptors (Lipinski definition) is 6. The van der Waals surface area contributed by atoms with Crippen molar-refractivity contribution in [1.82, 2.24) is 19.7 Å². The van der Waals surface area contributed by atoms with Crippen LogP contribution in [0.25, 0.3) is 16.7 Å². The molecule has 0 atom stereocenters. The Labute approximate surface area is 199 Å². The van der Waals surface area contributed by atoms with Crippen LogP contribution in [0.15, 0.2) is 60.7 Å². The minimum atomic E-state index is 0.627. The molecule has 2 aromatic carbocycles. The van der Waals surface area contributed by atoms with E-state index in [4.69, 9.17) is 24.3 Å². The minimum absolute atomic E-state index is 0.627. The molecule has 5 rings (SSSR count). The lowest BCUT2D eigenvalue weighted by Gasteiger charge is -2.19. The number of ether oxygens (including phenoxy) is 3. The number of pyridine rings is 1. The fraction of sp³-hybridized carbons (Fsp3) is 0.333. The smallest absolute Gasteiger partial charge is 0.220 e. The summed E-state index contributed by atoms with van der Waals surface area (Å²) in [6.07, 6.45) is 2.02. The first-order valence-corrected chi connectivity index (χ1v) is 11.8. The first-order chi connectivity index (χ1) is 16.7. The second-order valence-corrected chi connectivity index (χ2v) is 8.49. The lowest BCUT2D eigenvalue weighted by Crippen LogP contribution is -2.27. The monoisotopic (exact) mass is 458 g/mol. The van der Waals surface area contributed by atoms with Gasteiger partial charge in [-0.05, 0) is 56.6 Å². The van der Waals surface area contributed by atoms with Gasteiger partial charge in [0.2, 0.25) is 5.88 Å². The van der Waals surface area contributed by atoms with Crippen LogP contribution >= 0.6 is 0 Å². The van der Waals surface area contributed by atoms with Gasteiger partial charge in [0.15, 0.2) is 17.1 Å². The van der Waals surface area contributed by atoms with Crippen molar-refractivity contribution < 1.29 is 14.2 Å². The van der Waals surface area contributed by atoms with Crippen molar-refractivity contribution >= 4 is 11.0 Å². The van der Waals surface area contributed by atoms with Crippen LogP contribution in [-0.2, 0) is 6.54 Å². The number of benzene rings is 2. The number of nitrogens with zero attached hydrogens (tertiary/aromatic N) is 4. The molecule has 0 spiro atoms. The molecule has 0 unspecified atom stereocenters. The molecule has 0 bridgehead atoms. The molecule has 1 aliphatic heterocycles. The molecule has 4 aromatic rings. The fourth-order valence-corrected chi connectivity index (χ4v) is 4.34. The van der Waals surface area contributed by atoms with Crippen LogP contribution in [0.4, 0.5) is 0 Å². The average molecular weight is 459 g/mol. The molecule has 7 nitrogen and oxygen atoms in total. The summed E-state index contributed by atoms with van der Waals surface area (Å²) in [6.45, 7) is 6.01. The Morgan fingerprint density at radius 2 is 1.79 bits per heavy atom. The van der Waals surface area contributed by atoms with E-state index in [9.17, 15) is 0 Å². The van der Waals surface area contributed by atoms with Gasteiger partial charge < -0.3 is 14.2 Å². The van der Waals surface area contributed by atoms with Crippen LogP contribution in [0.3, 0.4) is 0 Å². The molecule has 0 radical (unpaired) electrons. The van der Waals surface area contributed by atoms with Gasteiger partial charge in [-0.2, -0.15) is 10.1 Å². The maximum absolute atomic E-state index is 6.07. The summed E-state index contributed by atoms with van der Waals surface area (Å²) >= 11 is 0. The molecule has 1 aliphatic rings. The number of unbranched alkanes of at least 4 members (excludes halogenated alkanes) is 1. The zero-order valence-corrected chi connectivity index (χ0v) is 19.7. The van der Waals surface area contributed by atoms with E-state index < -0.39 is 0 Å². The van der Waals surface area contributed by atoms with Crippen molar-refractivity contribution in [1.29, 1.82) is 0 Å². The number of rotatable bonds is 8. The Kier molecular flexibility index (Phi) is 6.62. The van der Waals surface area contributed by atoms with Crippen molar-refractivity contribution in [2.75, 3.05) is 33.4 Å². The number of aromatic nitrogens is 3. The second kappa shape index (κ2) is 10.1.